The Kier molecular flexibility index (Phi) is 4.51. The van der Waals surface area contributed by atoms with Crippen LogP contribution in [0.5, 0.6) is 5.75 Å². The van der Waals surface area contributed by atoms with Crippen molar-refractivity contribution in [2.75, 3.05) is 13.2 Å². The highest BCUT2D eigenvalue weighted by molar-refractivity contribution is 5.30. The first kappa shape index (κ1) is 13.5. The number of rotatable bonds is 4. The number of ether oxygens (including phenoxy) is 1. The average molecular weight is 249 g/mol. The van der Waals surface area contributed by atoms with Crippen molar-refractivity contribution in [2.24, 2.45) is 5.73 Å². The Morgan fingerprint density at radius 2 is 2.06 bits per heavy atom. The molecule has 1 aromatic carbocycles. The van der Waals surface area contributed by atoms with Crippen LogP contribution in [0.1, 0.15) is 5.56 Å². The minimum absolute atomic E-state index is 0.0117. The largest absolute Gasteiger partial charge is 0.487 e. The Balaban J connectivity index is 2.70. The SMILES string of the molecule is NC/C=C(\F)COc1cccc(C(F)(F)F)c1. The van der Waals surface area contributed by atoms with Crippen molar-refractivity contribution in [1.29, 1.82) is 0 Å². The molecule has 1 aromatic rings. The van der Waals surface area contributed by atoms with E-state index in [2.05, 4.69) is 0 Å². The average Bonchev–Trinajstić information content (AvgIpc) is 2.26. The molecular weight excluding hydrogens is 238 g/mol. The monoisotopic (exact) mass is 249 g/mol. The van der Waals surface area contributed by atoms with Gasteiger partial charge >= 0.3 is 6.18 Å². The van der Waals surface area contributed by atoms with E-state index in [1.54, 1.807) is 0 Å². The Bertz CT molecular complexity index is 401. The summed E-state index contributed by atoms with van der Waals surface area (Å²) in [5.41, 5.74) is 4.22. The second-order valence-corrected chi connectivity index (χ2v) is 3.20. The third-order valence-electron chi connectivity index (χ3n) is 1.88. The van der Waals surface area contributed by atoms with Gasteiger partial charge in [-0.1, -0.05) is 6.07 Å². The van der Waals surface area contributed by atoms with Crippen LogP contribution < -0.4 is 10.5 Å². The van der Waals surface area contributed by atoms with Crippen molar-refractivity contribution in [3.8, 4) is 5.75 Å². The minimum Gasteiger partial charge on any atom is -0.487 e. The highest BCUT2D eigenvalue weighted by Gasteiger charge is 2.30. The van der Waals surface area contributed by atoms with Crippen LogP contribution in [0.4, 0.5) is 17.6 Å². The maximum Gasteiger partial charge on any atom is 0.416 e. The standard InChI is InChI=1S/C11H11F4NO/c12-9(4-5-16)7-17-10-3-1-2-8(6-10)11(13,14)15/h1-4,6H,5,7,16H2/b9-4-. The van der Waals surface area contributed by atoms with E-state index in [-0.39, 0.29) is 12.3 Å². The van der Waals surface area contributed by atoms with Crippen molar-refractivity contribution in [3.63, 3.8) is 0 Å². The van der Waals surface area contributed by atoms with Crippen LogP contribution in [-0.4, -0.2) is 13.2 Å². The number of benzene rings is 1. The van der Waals surface area contributed by atoms with Crippen molar-refractivity contribution in [1.82, 2.24) is 0 Å². The molecule has 0 aromatic heterocycles. The Morgan fingerprint density at radius 1 is 1.35 bits per heavy atom. The van der Waals surface area contributed by atoms with E-state index >= 15 is 0 Å². The maximum atomic E-state index is 12.9. The summed E-state index contributed by atoms with van der Waals surface area (Å²) in [4.78, 5) is 0. The van der Waals surface area contributed by atoms with E-state index in [1.165, 1.54) is 12.1 Å². The fraction of sp³-hybridized carbons (Fsp3) is 0.273. The van der Waals surface area contributed by atoms with Gasteiger partial charge in [-0.2, -0.15) is 13.2 Å². The second kappa shape index (κ2) is 5.67. The lowest BCUT2D eigenvalue weighted by Gasteiger charge is -2.09. The van der Waals surface area contributed by atoms with Gasteiger partial charge in [0.2, 0.25) is 0 Å². The minimum atomic E-state index is -4.44. The van der Waals surface area contributed by atoms with Crippen molar-refractivity contribution >= 4 is 0 Å². The molecule has 0 unspecified atom stereocenters. The van der Waals surface area contributed by atoms with Crippen LogP contribution in [0.25, 0.3) is 0 Å². The molecule has 17 heavy (non-hydrogen) atoms. The first-order valence-electron chi connectivity index (χ1n) is 4.78. The summed E-state index contributed by atoms with van der Waals surface area (Å²) in [6.45, 7) is -0.420. The molecule has 1 rings (SSSR count). The Hall–Kier alpha value is -1.56. The van der Waals surface area contributed by atoms with Gasteiger partial charge in [0.15, 0.2) is 0 Å². The number of hydrogen-bond donors (Lipinski definition) is 1. The molecule has 0 radical (unpaired) electrons. The topological polar surface area (TPSA) is 35.2 Å². The van der Waals surface area contributed by atoms with Gasteiger partial charge in [0.05, 0.1) is 5.56 Å². The predicted octanol–water partition coefficient (Wildman–Crippen LogP) is 2.90. The predicted molar refractivity (Wildman–Crippen MR) is 55.2 cm³/mol. The molecule has 0 spiro atoms. The summed E-state index contributed by atoms with van der Waals surface area (Å²) in [5, 5.41) is 0. The zero-order valence-electron chi connectivity index (χ0n) is 8.80. The normalized spacial score (nSPS) is 12.6. The van der Waals surface area contributed by atoms with E-state index in [4.69, 9.17) is 10.5 Å². The van der Waals surface area contributed by atoms with E-state index in [0.717, 1.165) is 18.2 Å². The van der Waals surface area contributed by atoms with Crippen molar-refractivity contribution in [3.05, 3.63) is 41.7 Å². The zero-order valence-corrected chi connectivity index (χ0v) is 8.80. The summed E-state index contributed by atoms with van der Waals surface area (Å²) in [6, 6.07) is 4.25. The molecule has 2 N–H and O–H groups in total. The number of nitrogens with two attached hydrogens (primary N) is 1. The number of alkyl halides is 3. The highest BCUT2D eigenvalue weighted by Crippen LogP contribution is 2.31. The molecule has 94 valence electrons. The quantitative estimate of drug-likeness (QED) is 0.833. The van der Waals surface area contributed by atoms with Crippen LogP contribution in [0.3, 0.4) is 0 Å². The van der Waals surface area contributed by atoms with Gasteiger partial charge in [-0.15, -0.1) is 0 Å². The Labute approximate surface area is 95.7 Å². The molecule has 0 bridgehead atoms. The smallest absolute Gasteiger partial charge is 0.416 e. The van der Waals surface area contributed by atoms with Gasteiger partial charge in [-0.3, -0.25) is 0 Å². The molecular formula is C11H11F4NO. The molecule has 0 saturated heterocycles. The van der Waals surface area contributed by atoms with Gasteiger partial charge in [-0.05, 0) is 24.3 Å². The first-order valence-corrected chi connectivity index (χ1v) is 4.78. The highest BCUT2D eigenvalue weighted by atomic mass is 19.4. The summed E-state index contributed by atoms with van der Waals surface area (Å²) < 4.78 is 54.7. The van der Waals surface area contributed by atoms with Gasteiger partial charge in [0.1, 0.15) is 18.2 Å². The van der Waals surface area contributed by atoms with Crippen LogP contribution >= 0.6 is 0 Å². The molecule has 0 fully saturated rings. The molecule has 0 atom stereocenters. The molecule has 2 nitrogen and oxygen atoms in total. The van der Waals surface area contributed by atoms with Gasteiger partial charge < -0.3 is 10.5 Å². The molecule has 6 heteroatoms. The van der Waals surface area contributed by atoms with Gasteiger partial charge in [-0.25, -0.2) is 4.39 Å². The van der Waals surface area contributed by atoms with Crippen molar-refractivity contribution in [2.45, 2.75) is 6.18 Å². The summed E-state index contributed by atoms with van der Waals surface area (Å²) in [7, 11) is 0. The summed E-state index contributed by atoms with van der Waals surface area (Å²) >= 11 is 0. The molecule has 0 aliphatic rings. The third-order valence-corrected chi connectivity index (χ3v) is 1.88. The third kappa shape index (κ3) is 4.44. The summed E-state index contributed by atoms with van der Waals surface area (Å²) in [6.07, 6.45) is -3.35. The van der Waals surface area contributed by atoms with E-state index in [1.807, 2.05) is 0 Å². The number of halogens is 4. The van der Waals surface area contributed by atoms with Crippen LogP contribution in [0.15, 0.2) is 36.2 Å². The van der Waals surface area contributed by atoms with Gasteiger partial charge in [0, 0.05) is 6.54 Å². The first-order chi connectivity index (χ1) is 7.93. The number of hydrogen-bond acceptors (Lipinski definition) is 2. The van der Waals surface area contributed by atoms with Crippen LogP contribution in [0.2, 0.25) is 0 Å². The van der Waals surface area contributed by atoms with Crippen molar-refractivity contribution < 1.29 is 22.3 Å². The van der Waals surface area contributed by atoms with Crippen LogP contribution in [0, 0.1) is 0 Å². The van der Waals surface area contributed by atoms with E-state index in [9.17, 15) is 17.6 Å². The van der Waals surface area contributed by atoms with E-state index in [0.29, 0.717) is 0 Å². The van der Waals surface area contributed by atoms with E-state index < -0.39 is 24.2 Å². The Morgan fingerprint density at radius 3 is 2.65 bits per heavy atom. The lowest BCUT2D eigenvalue weighted by atomic mass is 10.2. The molecule has 0 saturated carbocycles. The summed E-state index contributed by atoms with van der Waals surface area (Å²) in [5.74, 6) is -0.662. The molecule has 0 amide bonds. The fourth-order valence-corrected chi connectivity index (χ4v) is 1.10. The lowest BCUT2D eigenvalue weighted by molar-refractivity contribution is -0.137. The second-order valence-electron chi connectivity index (χ2n) is 3.20. The molecule has 0 aliphatic carbocycles. The fourth-order valence-electron chi connectivity index (χ4n) is 1.10. The maximum absolute atomic E-state index is 12.9. The molecule has 0 aliphatic heterocycles. The molecule has 0 heterocycles. The lowest BCUT2D eigenvalue weighted by Crippen LogP contribution is -2.06. The van der Waals surface area contributed by atoms with Crippen LogP contribution in [-0.2, 0) is 6.18 Å². The van der Waals surface area contributed by atoms with Gasteiger partial charge in [0.25, 0.3) is 0 Å². The zero-order chi connectivity index (χ0) is 12.9.